The van der Waals surface area contributed by atoms with Gasteiger partial charge in [0.25, 0.3) is 0 Å². The van der Waals surface area contributed by atoms with Gasteiger partial charge in [-0.1, -0.05) is 50.2 Å². The van der Waals surface area contributed by atoms with E-state index >= 15 is 0 Å². The van der Waals surface area contributed by atoms with E-state index in [0.717, 1.165) is 59.5 Å². The molecular formula is C25H28O3. The molecule has 0 atom stereocenters. The van der Waals surface area contributed by atoms with Gasteiger partial charge < -0.3 is 9.47 Å². The summed E-state index contributed by atoms with van der Waals surface area (Å²) in [7, 11) is 0. The molecule has 1 aliphatic rings. The Morgan fingerprint density at radius 3 is 1.61 bits per heavy atom. The number of carbonyl (C=O) groups excluding carboxylic acids is 1. The van der Waals surface area contributed by atoms with Crippen LogP contribution in [0.15, 0.2) is 59.7 Å². The molecule has 0 heterocycles. The maximum absolute atomic E-state index is 12.9. The smallest absolute Gasteiger partial charge is 0.185 e. The molecule has 3 nitrogen and oxygen atoms in total. The first-order valence-electron chi connectivity index (χ1n) is 10.1. The number of Topliss-reactive ketones (excluding diaryl/α,β-unsaturated/α-hetero) is 1. The Balaban J connectivity index is 1.82. The van der Waals surface area contributed by atoms with Gasteiger partial charge in [-0.25, -0.2) is 0 Å². The van der Waals surface area contributed by atoms with Crippen LogP contribution in [0.1, 0.15) is 50.7 Å². The molecule has 0 spiro atoms. The highest BCUT2D eigenvalue weighted by Gasteiger charge is 2.23. The highest BCUT2D eigenvalue weighted by molar-refractivity contribution is 6.15. The van der Waals surface area contributed by atoms with Crippen molar-refractivity contribution in [2.75, 3.05) is 13.2 Å². The van der Waals surface area contributed by atoms with Crippen LogP contribution in [0, 0.1) is 0 Å². The summed E-state index contributed by atoms with van der Waals surface area (Å²) >= 11 is 0. The molecule has 0 unspecified atom stereocenters. The van der Waals surface area contributed by atoms with Crippen molar-refractivity contribution in [1.82, 2.24) is 0 Å². The van der Waals surface area contributed by atoms with E-state index < -0.39 is 0 Å². The molecule has 2 aromatic rings. The number of ether oxygens (including phenoxy) is 2. The number of hydrogen-bond donors (Lipinski definition) is 0. The van der Waals surface area contributed by atoms with E-state index in [1.807, 2.05) is 60.7 Å². The lowest BCUT2D eigenvalue weighted by Crippen LogP contribution is -1.99. The fourth-order valence-electron chi connectivity index (χ4n) is 3.24. The van der Waals surface area contributed by atoms with E-state index in [0.29, 0.717) is 13.2 Å². The second kappa shape index (κ2) is 9.93. The first-order chi connectivity index (χ1) is 13.7. The number of allylic oxidation sites excluding steroid dienone is 2. The number of ketones is 1. The van der Waals surface area contributed by atoms with Gasteiger partial charge in [0.05, 0.1) is 13.2 Å². The van der Waals surface area contributed by atoms with Gasteiger partial charge in [0.15, 0.2) is 5.78 Å². The third-order valence-corrected chi connectivity index (χ3v) is 4.67. The predicted molar refractivity (Wildman–Crippen MR) is 115 cm³/mol. The van der Waals surface area contributed by atoms with Crippen LogP contribution < -0.4 is 9.47 Å². The first kappa shape index (κ1) is 19.9. The third-order valence-electron chi connectivity index (χ3n) is 4.67. The summed E-state index contributed by atoms with van der Waals surface area (Å²) in [6, 6.07) is 15.8. The van der Waals surface area contributed by atoms with E-state index in [1.54, 1.807) is 0 Å². The van der Waals surface area contributed by atoms with Gasteiger partial charge >= 0.3 is 0 Å². The zero-order valence-corrected chi connectivity index (χ0v) is 16.7. The van der Waals surface area contributed by atoms with E-state index in [2.05, 4.69) is 13.8 Å². The molecule has 2 aromatic carbocycles. The molecule has 1 aliphatic carbocycles. The second-order valence-electron chi connectivity index (χ2n) is 6.94. The third kappa shape index (κ3) is 4.92. The minimum Gasteiger partial charge on any atom is -0.493 e. The molecule has 3 heteroatoms. The zero-order chi connectivity index (χ0) is 19.8. The van der Waals surface area contributed by atoms with E-state index in [4.69, 9.17) is 9.47 Å². The molecule has 1 fully saturated rings. The number of carbonyl (C=O) groups is 1. The van der Waals surface area contributed by atoms with Crippen LogP contribution in [-0.4, -0.2) is 19.0 Å². The van der Waals surface area contributed by atoms with Gasteiger partial charge in [-0.05, 0) is 50.0 Å². The quantitative estimate of drug-likeness (QED) is 0.523. The summed E-state index contributed by atoms with van der Waals surface area (Å²) in [5, 5.41) is 0. The Morgan fingerprint density at radius 1 is 0.750 bits per heavy atom. The molecule has 0 N–H and O–H groups in total. The van der Waals surface area contributed by atoms with Crippen LogP contribution in [0.5, 0.6) is 11.5 Å². The molecule has 1 saturated carbocycles. The van der Waals surface area contributed by atoms with Crippen molar-refractivity contribution in [2.24, 2.45) is 0 Å². The first-order valence-corrected chi connectivity index (χ1v) is 10.1. The van der Waals surface area contributed by atoms with Crippen LogP contribution in [0.2, 0.25) is 0 Å². The van der Waals surface area contributed by atoms with Crippen molar-refractivity contribution in [3.05, 3.63) is 70.8 Å². The maximum Gasteiger partial charge on any atom is 0.185 e. The van der Waals surface area contributed by atoms with E-state index in [-0.39, 0.29) is 5.78 Å². The number of para-hydroxylation sites is 2. The summed E-state index contributed by atoms with van der Waals surface area (Å²) < 4.78 is 11.6. The molecule has 0 bridgehead atoms. The molecule has 0 aromatic heterocycles. The lowest BCUT2D eigenvalue weighted by molar-refractivity contribution is -0.111. The van der Waals surface area contributed by atoms with E-state index in [9.17, 15) is 4.79 Å². The fraction of sp³-hybridized carbons (Fsp3) is 0.320. The lowest BCUT2D eigenvalue weighted by Gasteiger charge is -2.09. The van der Waals surface area contributed by atoms with Crippen molar-refractivity contribution in [3.8, 4) is 11.5 Å². The fourth-order valence-corrected chi connectivity index (χ4v) is 3.24. The van der Waals surface area contributed by atoms with Crippen molar-refractivity contribution in [1.29, 1.82) is 0 Å². The average molecular weight is 376 g/mol. The van der Waals surface area contributed by atoms with Crippen molar-refractivity contribution >= 4 is 17.9 Å². The van der Waals surface area contributed by atoms with Crippen LogP contribution in [0.3, 0.4) is 0 Å². The van der Waals surface area contributed by atoms with Crippen LogP contribution in [0.4, 0.5) is 0 Å². The Kier molecular flexibility index (Phi) is 7.07. The Bertz CT molecular complexity index is 805. The van der Waals surface area contributed by atoms with Gasteiger partial charge in [-0.15, -0.1) is 0 Å². The highest BCUT2D eigenvalue weighted by Crippen LogP contribution is 2.33. The second-order valence-corrected chi connectivity index (χ2v) is 6.94. The van der Waals surface area contributed by atoms with Gasteiger partial charge in [0.2, 0.25) is 0 Å². The summed E-state index contributed by atoms with van der Waals surface area (Å²) in [5.74, 6) is 1.79. The summed E-state index contributed by atoms with van der Waals surface area (Å²) in [5.41, 5.74) is 3.61. The standard InChI is InChI=1S/C25H28O3/c1-3-15-27-23-11-7-5-9-19(23)17-21-13-14-22(25(21)26)18-20-10-6-8-12-24(20)28-16-4-2/h5-12,17-18H,3-4,13-16H2,1-2H3/b21-17+,22-18+. The molecule has 3 rings (SSSR count). The maximum atomic E-state index is 12.9. The van der Waals surface area contributed by atoms with Crippen molar-refractivity contribution in [3.63, 3.8) is 0 Å². The average Bonchev–Trinajstić information content (AvgIpc) is 3.06. The minimum absolute atomic E-state index is 0.121. The molecule has 146 valence electrons. The highest BCUT2D eigenvalue weighted by atomic mass is 16.5. The Labute approximate surface area is 167 Å². The largest absolute Gasteiger partial charge is 0.493 e. The van der Waals surface area contributed by atoms with Crippen molar-refractivity contribution in [2.45, 2.75) is 39.5 Å². The Hall–Kier alpha value is -2.81. The molecule has 0 radical (unpaired) electrons. The number of hydrogen-bond acceptors (Lipinski definition) is 3. The molecular weight excluding hydrogens is 348 g/mol. The monoisotopic (exact) mass is 376 g/mol. The number of rotatable bonds is 8. The van der Waals surface area contributed by atoms with Gasteiger partial charge in [-0.3, -0.25) is 4.79 Å². The van der Waals surface area contributed by atoms with Crippen molar-refractivity contribution < 1.29 is 14.3 Å². The lowest BCUT2D eigenvalue weighted by atomic mass is 10.1. The molecule has 0 amide bonds. The number of benzene rings is 2. The van der Waals surface area contributed by atoms with Gasteiger partial charge in [0.1, 0.15) is 11.5 Å². The summed E-state index contributed by atoms with van der Waals surface area (Å²) in [6.07, 6.45) is 7.38. The summed E-state index contributed by atoms with van der Waals surface area (Å²) in [6.45, 7) is 5.52. The Morgan fingerprint density at radius 2 is 1.18 bits per heavy atom. The van der Waals surface area contributed by atoms with Gasteiger partial charge in [0, 0.05) is 22.3 Å². The van der Waals surface area contributed by atoms with Crippen LogP contribution in [0.25, 0.3) is 12.2 Å². The van der Waals surface area contributed by atoms with Crippen LogP contribution >= 0.6 is 0 Å². The SMILES string of the molecule is CCCOc1ccccc1/C=C1\CC/C(=C\c2ccccc2OCCC)C1=O. The van der Waals surface area contributed by atoms with E-state index in [1.165, 1.54) is 0 Å². The molecule has 28 heavy (non-hydrogen) atoms. The minimum atomic E-state index is 0.121. The summed E-state index contributed by atoms with van der Waals surface area (Å²) in [4.78, 5) is 12.9. The van der Waals surface area contributed by atoms with Crippen LogP contribution in [-0.2, 0) is 4.79 Å². The van der Waals surface area contributed by atoms with Gasteiger partial charge in [-0.2, -0.15) is 0 Å². The molecule has 0 aliphatic heterocycles. The topological polar surface area (TPSA) is 35.5 Å². The zero-order valence-electron chi connectivity index (χ0n) is 16.7. The predicted octanol–water partition coefficient (Wildman–Crippen LogP) is 6.09. The normalized spacial score (nSPS) is 16.7. The molecule has 0 saturated heterocycles.